The summed E-state index contributed by atoms with van der Waals surface area (Å²) in [7, 11) is 0. The van der Waals surface area contributed by atoms with Gasteiger partial charge in [-0.2, -0.15) is 5.10 Å². The van der Waals surface area contributed by atoms with Gasteiger partial charge in [-0.25, -0.2) is 9.67 Å². The number of non-ortho nitro benzene ring substituents is 1. The fourth-order valence-corrected chi connectivity index (χ4v) is 3.75. The molecule has 0 aliphatic rings. The number of aromatic amines is 1. The third-order valence-electron chi connectivity index (χ3n) is 4.26. The van der Waals surface area contributed by atoms with Crippen molar-refractivity contribution in [2.75, 3.05) is 0 Å². The van der Waals surface area contributed by atoms with E-state index in [0.29, 0.717) is 16.2 Å². The first-order chi connectivity index (χ1) is 13.5. The minimum Gasteiger partial charge on any atom is -0.301 e. The quantitative estimate of drug-likeness (QED) is 0.239. The maximum atomic E-state index is 12.5. The van der Waals surface area contributed by atoms with Crippen LogP contribution >= 0.6 is 11.8 Å². The Morgan fingerprint density at radius 1 is 1.18 bits per heavy atom. The minimum absolute atomic E-state index is 0.0315. The Kier molecular flexibility index (Phi) is 4.66. The molecule has 2 heterocycles. The van der Waals surface area contributed by atoms with Crippen LogP contribution in [0.25, 0.3) is 16.7 Å². The van der Waals surface area contributed by atoms with Crippen LogP contribution in [0.1, 0.15) is 17.7 Å². The molecule has 0 radical (unpaired) electrons. The summed E-state index contributed by atoms with van der Waals surface area (Å²) in [6.07, 6.45) is 1.49. The van der Waals surface area contributed by atoms with E-state index in [9.17, 15) is 14.9 Å². The van der Waals surface area contributed by atoms with Crippen LogP contribution in [0.5, 0.6) is 0 Å². The number of aromatic nitrogens is 4. The highest BCUT2D eigenvalue weighted by molar-refractivity contribution is 7.99. The lowest BCUT2D eigenvalue weighted by atomic mass is 10.1. The zero-order chi connectivity index (χ0) is 19.7. The van der Waals surface area contributed by atoms with Crippen molar-refractivity contribution in [2.45, 2.75) is 17.3 Å². The third-order valence-corrected chi connectivity index (χ3v) is 5.30. The number of hydrogen-bond acceptors (Lipinski definition) is 6. The fraction of sp³-hybridized carbons (Fsp3) is 0.105. The van der Waals surface area contributed by atoms with Crippen molar-refractivity contribution in [1.82, 2.24) is 19.7 Å². The van der Waals surface area contributed by atoms with Gasteiger partial charge in [-0.1, -0.05) is 42.1 Å². The number of fused-ring (bicyclic) bond motifs is 1. The number of rotatable bonds is 5. The number of nitrogens with zero attached hydrogens (tertiary/aromatic N) is 4. The van der Waals surface area contributed by atoms with E-state index in [4.69, 9.17) is 0 Å². The van der Waals surface area contributed by atoms with Crippen molar-refractivity contribution in [1.29, 1.82) is 0 Å². The van der Waals surface area contributed by atoms with Gasteiger partial charge < -0.3 is 4.98 Å². The molecule has 4 rings (SSSR count). The number of hydrogen-bond donors (Lipinski definition) is 1. The molecule has 1 unspecified atom stereocenters. The Morgan fingerprint density at radius 2 is 1.96 bits per heavy atom. The van der Waals surface area contributed by atoms with Gasteiger partial charge in [0.25, 0.3) is 11.2 Å². The first-order valence-electron chi connectivity index (χ1n) is 8.47. The van der Waals surface area contributed by atoms with Gasteiger partial charge in [0.1, 0.15) is 5.39 Å². The number of thioether (sulfide) groups is 1. The van der Waals surface area contributed by atoms with Crippen molar-refractivity contribution in [3.8, 4) is 5.69 Å². The van der Waals surface area contributed by atoms with Crippen LogP contribution < -0.4 is 5.56 Å². The summed E-state index contributed by atoms with van der Waals surface area (Å²) in [6, 6.07) is 15.9. The number of para-hydroxylation sites is 1. The predicted molar refractivity (Wildman–Crippen MR) is 107 cm³/mol. The average Bonchev–Trinajstić information content (AvgIpc) is 3.13. The molecule has 0 spiro atoms. The van der Waals surface area contributed by atoms with Gasteiger partial charge >= 0.3 is 0 Å². The summed E-state index contributed by atoms with van der Waals surface area (Å²) in [6.45, 7) is 1.91. The molecule has 140 valence electrons. The second kappa shape index (κ2) is 7.28. The zero-order valence-electron chi connectivity index (χ0n) is 14.8. The summed E-state index contributed by atoms with van der Waals surface area (Å²) in [5.41, 5.74) is 1.80. The first-order valence-corrected chi connectivity index (χ1v) is 9.35. The molecule has 1 N–H and O–H groups in total. The molecule has 4 aromatic rings. The maximum absolute atomic E-state index is 12.5. The van der Waals surface area contributed by atoms with E-state index in [1.54, 1.807) is 10.7 Å². The van der Waals surface area contributed by atoms with E-state index in [1.165, 1.54) is 30.1 Å². The Hall–Kier alpha value is -3.46. The van der Waals surface area contributed by atoms with E-state index < -0.39 is 4.92 Å². The van der Waals surface area contributed by atoms with Crippen LogP contribution in [0, 0.1) is 10.1 Å². The van der Waals surface area contributed by atoms with Crippen molar-refractivity contribution in [2.24, 2.45) is 0 Å². The van der Waals surface area contributed by atoms with Crippen molar-refractivity contribution >= 4 is 28.5 Å². The highest BCUT2D eigenvalue weighted by Gasteiger charge is 2.16. The standard InChI is InChI=1S/C19H15N5O3S/c1-12(13-6-5-9-15(10-13)24(26)27)28-19-21-17-16(18(25)22-19)11-20-23(17)14-7-3-2-4-8-14/h2-12H,1H3,(H,21,22,25). The fourth-order valence-electron chi connectivity index (χ4n) is 2.84. The van der Waals surface area contributed by atoms with Gasteiger partial charge in [0.15, 0.2) is 10.8 Å². The van der Waals surface area contributed by atoms with Gasteiger partial charge in [0.05, 0.1) is 16.8 Å². The number of nitro benzene ring substituents is 1. The lowest BCUT2D eigenvalue weighted by molar-refractivity contribution is -0.384. The van der Waals surface area contributed by atoms with E-state index in [1.807, 2.05) is 43.3 Å². The van der Waals surface area contributed by atoms with E-state index in [0.717, 1.165) is 11.3 Å². The monoisotopic (exact) mass is 393 g/mol. The Bertz CT molecular complexity index is 1220. The molecular formula is C19H15N5O3S. The number of H-pyrrole nitrogens is 1. The molecule has 0 saturated heterocycles. The smallest absolute Gasteiger partial charge is 0.269 e. The van der Waals surface area contributed by atoms with E-state index >= 15 is 0 Å². The largest absolute Gasteiger partial charge is 0.301 e. The van der Waals surface area contributed by atoms with Gasteiger partial charge in [-0.15, -0.1) is 0 Å². The zero-order valence-corrected chi connectivity index (χ0v) is 15.6. The Labute approximate surface area is 163 Å². The second-order valence-electron chi connectivity index (χ2n) is 6.11. The molecule has 8 nitrogen and oxygen atoms in total. The van der Waals surface area contributed by atoms with Gasteiger partial charge in [-0.05, 0) is 24.6 Å². The molecule has 0 amide bonds. The molecule has 0 aliphatic carbocycles. The maximum Gasteiger partial charge on any atom is 0.269 e. The molecule has 0 saturated carbocycles. The molecule has 2 aromatic carbocycles. The Morgan fingerprint density at radius 3 is 2.71 bits per heavy atom. The van der Waals surface area contributed by atoms with Crippen LogP contribution in [0.2, 0.25) is 0 Å². The third kappa shape index (κ3) is 3.39. The summed E-state index contributed by atoms with van der Waals surface area (Å²) >= 11 is 1.32. The topological polar surface area (TPSA) is 107 Å². The Balaban J connectivity index is 1.70. The summed E-state index contributed by atoms with van der Waals surface area (Å²) < 4.78 is 1.62. The normalized spacial score (nSPS) is 12.2. The summed E-state index contributed by atoms with van der Waals surface area (Å²) in [5.74, 6) is 0. The molecule has 28 heavy (non-hydrogen) atoms. The number of nitro groups is 1. The van der Waals surface area contributed by atoms with Crippen LogP contribution in [-0.4, -0.2) is 24.7 Å². The molecular weight excluding hydrogens is 378 g/mol. The second-order valence-corrected chi connectivity index (χ2v) is 7.44. The van der Waals surface area contributed by atoms with Gasteiger partial charge in [0, 0.05) is 17.4 Å². The number of nitrogens with one attached hydrogen (secondary N) is 1. The molecule has 0 aliphatic heterocycles. The van der Waals surface area contributed by atoms with Crippen molar-refractivity contribution in [3.63, 3.8) is 0 Å². The molecule has 1 atom stereocenters. The van der Waals surface area contributed by atoms with Crippen LogP contribution in [0.4, 0.5) is 5.69 Å². The first kappa shape index (κ1) is 17.9. The van der Waals surface area contributed by atoms with Crippen LogP contribution in [0.3, 0.4) is 0 Å². The highest BCUT2D eigenvalue weighted by atomic mass is 32.2. The highest BCUT2D eigenvalue weighted by Crippen LogP contribution is 2.34. The molecule has 0 bridgehead atoms. The summed E-state index contributed by atoms with van der Waals surface area (Å²) in [4.78, 5) is 30.4. The van der Waals surface area contributed by atoms with Crippen LogP contribution in [0.15, 0.2) is 70.7 Å². The minimum atomic E-state index is -0.425. The molecule has 2 aromatic heterocycles. The predicted octanol–water partition coefficient (Wildman–Crippen LogP) is 3.87. The van der Waals surface area contributed by atoms with Crippen molar-refractivity contribution < 1.29 is 4.92 Å². The lowest BCUT2D eigenvalue weighted by Crippen LogP contribution is -2.10. The number of benzene rings is 2. The van der Waals surface area contributed by atoms with Crippen LogP contribution in [-0.2, 0) is 0 Å². The van der Waals surface area contributed by atoms with E-state index in [2.05, 4.69) is 15.1 Å². The average molecular weight is 393 g/mol. The lowest BCUT2D eigenvalue weighted by Gasteiger charge is -2.11. The summed E-state index contributed by atoms with van der Waals surface area (Å²) in [5, 5.41) is 16.0. The van der Waals surface area contributed by atoms with Gasteiger partial charge in [0.2, 0.25) is 0 Å². The van der Waals surface area contributed by atoms with E-state index in [-0.39, 0.29) is 16.5 Å². The SMILES string of the molecule is CC(Sc1nc2c(cnn2-c2ccccc2)c(=O)[nH]1)c1cccc([N+](=O)[O-])c1. The molecule has 9 heteroatoms. The molecule has 0 fully saturated rings. The van der Waals surface area contributed by atoms with Crippen molar-refractivity contribution in [3.05, 3.63) is 86.8 Å². The van der Waals surface area contributed by atoms with Gasteiger partial charge in [-0.3, -0.25) is 14.9 Å².